The number of nitrogens with zero attached hydrogens (tertiary/aromatic N) is 2. The first-order chi connectivity index (χ1) is 19.0. The second-order valence-corrected chi connectivity index (χ2v) is 11.1. The van der Waals surface area contributed by atoms with E-state index in [1.165, 1.54) is 22.9 Å². The van der Waals surface area contributed by atoms with Crippen LogP contribution in [0.2, 0.25) is 0 Å². The summed E-state index contributed by atoms with van der Waals surface area (Å²) in [4.78, 5) is 73.9. The standard InChI is InChI=1S/C27H35N5O7S/c1-17(28)12-19-5-2-4-18(13-19)6-3-11-40-21-14-25(37)32(26(21)38)27(39)30-16-20(33)15-29-22(34)9-10-31-23(35)7-8-24(31)36/h2,4-5,7-8,13,17,20-21,33H,3,6,9-12,14-16,28H2,1H3,(H,29,34)(H,30,39). The molecule has 3 rings (SSSR count). The highest BCUT2D eigenvalue weighted by Gasteiger charge is 2.42. The van der Waals surface area contributed by atoms with E-state index in [1.807, 2.05) is 25.1 Å². The Morgan fingerprint density at radius 2 is 1.77 bits per heavy atom. The number of nitrogens with two attached hydrogens (primary N) is 1. The molecule has 12 nitrogen and oxygen atoms in total. The lowest BCUT2D eigenvalue weighted by Crippen LogP contribution is -2.48. The molecule has 3 atom stereocenters. The zero-order valence-electron chi connectivity index (χ0n) is 22.3. The van der Waals surface area contributed by atoms with Crippen molar-refractivity contribution < 1.29 is 33.9 Å². The van der Waals surface area contributed by atoms with Gasteiger partial charge < -0.3 is 21.5 Å². The van der Waals surface area contributed by atoms with E-state index in [2.05, 4.69) is 16.7 Å². The molecule has 1 aromatic carbocycles. The summed E-state index contributed by atoms with van der Waals surface area (Å²) >= 11 is 1.34. The largest absolute Gasteiger partial charge is 0.389 e. The molecule has 0 bridgehead atoms. The fourth-order valence-corrected chi connectivity index (χ4v) is 5.38. The molecule has 2 aliphatic heterocycles. The average molecular weight is 574 g/mol. The van der Waals surface area contributed by atoms with Gasteiger partial charge in [-0.2, -0.15) is 4.90 Å². The van der Waals surface area contributed by atoms with Crippen molar-refractivity contribution in [2.24, 2.45) is 5.73 Å². The third kappa shape index (κ3) is 9.00. The minimum atomic E-state index is -1.19. The van der Waals surface area contributed by atoms with Gasteiger partial charge >= 0.3 is 6.03 Å². The van der Waals surface area contributed by atoms with E-state index in [9.17, 15) is 33.9 Å². The van der Waals surface area contributed by atoms with Gasteiger partial charge in [0.1, 0.15) is 0 Å². The Kier molecular flexibility index (Phi) is 11.4. The number of benzene rings is 1. The van der Waals surface area contributed by atoms with Crippen molar-refractivity contribution in [2.45, 2.75) is 56.4 Å². The number of urea groups is 1. The van der Waals surface area contributed by atoms with Gasteiger partial charge in [-0.1, -0.05) is 24.3 Å². The van der Waals surface area contributed by atoms with E-state index in [0.29, 0.717) is 10.7 Å². The monoisotopic (exact) mass is 573 g/mol. The third-order valence-corrected chi connectivity index (χ3v) is 7.57. The zero-order valence-corrected chi connectivity index (χ0v) is 23.2. The highest BCUT2D eigenvalue weighted by Crippen LogP contribution is 2.26. The number of carbonyl (C=O) groups excluding carboxylic acids is 6. The normalized spacial score (nSPS) is 18.4. The Labute approximate surface area is 236 Å². The molecule has 40 heavy (non-hydrogen) atoms. The van der Waals surface area contributed by atoms with Crippen molar-refractivity contribution in [3.63, 3.8) is 0 Å². The fourth-order valence-electron chi connectivity index (χ4n) is 4.27. The van der Waals surface area contributed by atoms with Gasteiger partial charge in [0, 0.05) is 50.7 Å². The maximum atomic E-state index is 12.7. The lowest BCUT2D eigenvalue weighted by atomic mass is 10.0. The SMILES string of the molecule is CC(N)Cc1cccc(CCCSC2CC(=O)N(C(=O)NCC(O)CNC(=O)CCN3C(=O)C=CC3=O)C2=O)c1. The number of hydrogen-bond acceptors (Lipinski definition) is 9. The Hall–Kier alpha value is -3.55. The van der Waals surface area contributed by atoms with Crippen LogP contribution in [0.25, 0.3) is 0 Å². The van der Waals surface area contributed by atoms with Gasteiger partial charge in [0.05, 0.1) is 11.4 Å². The predicted molar refractivity (Wildman–Crippen MR) is 148 cm³/mol. The Morgan fingerprint density at radius 1 is 1.10 bits per heavy atom. The van der Waals surface area contributed by atoms with Crippen molar-refractivity contribution in [3.05, 3.63) is 47.5 Å². The number of aliphatic hydroxyl groups is 1. The van der Waals surface area contributed by atoms with Gasteiger partial charge in [0.25, 0.3) is 17.7 Å². The molecule has 1 saturated heterocycles. The average Bonchev–Trinajstić information content (AvgIpc) is 3.38. The quantitative estimate of drug-likeness (QED) is 0.174. The summed E-state index contributed by atoms with van der Waals surface area (Å²) in [5.41, 5.74) is 8.23. The van der Waals surface area contributed by atoms with Gasteiger partial charge in [0.2, 0.25) is 11.8 Å². The summed E-state index contributed by atoms with van der Waals surface area (Å²) in [6, 6.07) is 7.37. The lowest BCUT2D eigenvalue weighted by Gasteiger charge is -2.17. The molecule has 216 valence electrons. The summed E-state index contributed by atoms with van der Waals surface area (Å²) < 4.78 is 0. The molecule has 0 radical (unpaired) electrons. The number of imide groups is 4. The Balaban J connectivity index is 1.33. The maximum absolute atomic E-state index is 12.7. The van der Waals surface area contributed by atoms with Gasteiger partial charge in [0.15, 0.2) is 0 Å². The van der Waals surface area contributed by atoms with Crippen molar-refractivity contribution in [3.8, 4) is 0 Å². The van der Waals surface area contributed by atoms with Crippen LogP contribution in [0, 0.1) is 0 Å². The molecular formula is C27H35N5O7S. The first-order valence-electron chi connectivity index (χ1n) is 13.1. The molecule has 3 unspecified atom stereocenters. The molecule has 13 heteroatoms. The first kappa shape index (κ1) is 31.0. The molecule has 1 aromatic rings. The van der Waals surface area contributed by atoms with Crippen molar-refractivity contribution in [2.75, 3.05) is 25.4 Å². The van der Waals surface area contributed by atoms with Crippen LogP contribution >= 0.6 is 11.8 Å². The molecule has 1 fully saturated rings. The van der Waals surface area contributed by atoms with Gasteiger partial charge in [-0.3, -0.25) is 28.9 Å². The first-order valence-corrected chi connectivity index (χ1v) is 14.2. The van der Waals surface area contributed by atoms with Crippen LogP contribution in [-0.4, -0.2) is 93.3 Å². The van der Waals surface area contributed by atoms with Crippen molar-refractivity contribution in [1.29, 1.82) is 0 Å². The maximum Gasteiger partial charge on any atom is 0.331 e. The van der Waals surface area contributed by atoms with Crippen molar-refractivity contribution in [1.82, 2.24) is 20.4 Å². The Bertz CT molecular complexity index is 1150. The minimum Gasteiger partial charge on any atom is -0.389 e. The number of likely N-dealkylation sites (tertiary alicyclic amines) is 1. The number of aryl methyl sites for hydroxylation is 1. The van der Waals surface area contributed by atoms with Gasteiger partial charge in [-0.15, -0.1) is 11.8 Å². The molecule has 2 heterocycles. The zero-order chi connectivity index (χ0) is 29.2. The molecule has 2 aliphatic rings. The molecule has 0 spiro atoms. The van der Waals surface area contributed by atoms with E-state index in [4.69, 9.17) is 5.73 Å². The summed E-state index contributed by atoms with van der Waals surface area (Å²) in [6.07, 6.45) is 3.26. The number of hydrogen-bond donors (Lipinski definition) is 4. The highest BCUT2D eigenvalue weighted by molar-refractivity contribution is 8.00. The number of amides is 7. The number of rotatable bonds is 14. The second-order valence-electron chi connectivity index (χ2n) is 9.79. The van der Waals surface area contributed by atoms with Gasteiger partial charge in [-0.05, 0) is 43.1 Å². The summed E-state index contributed by atoms with van der Waals surface area (Å²) in [7, 11) is 0. The number of carbonyl (C=O) groups is 6. The summed E-state index contributed by atoms with van der Waals surface area (Å²) in [5.74, 6) is -2.04. The number of aliphatic hydroxyl groups excluding tert-OH is 1. The van der Waals surface area contributed by atoms with Crippen LogP contribution in [0.3, 0.4) is 0 Å². The van der Waals surface area contributed by atoms with E-state index in [0.717, 1.165) is 36.3 Å². The second kappa shape index (κ2) is 14.7. The molecule has 5 N–H and O–H groups in total. The summed E-state index contributed by atoms with van der Waals surface area (Å²) in [6.45, 7) is 1.35. The molecular weight excluding hydrogens is 538 g/mol. The smallest absolute Gasteiger partial charge is 0.331 e. The molecule has 0 aliphatic carbocycles. The van der Waals surface area contributed by atoms with E-state index in [1.54, 1.807) is 0 Å². The van der Waals surface area contributed by atoms with Crippen molar-refractivity contribution >= 4 is 47.3 Å². The minimum absolute atomic E-state index is 0.0725. The number of nitrogens with one attached hydrogen (secondary N) is 2. The fraction of sp³-hybridized carbons (Fsp3) is 0.481. The molecule has 0 saturated carbocycles. The predicted octanol–water partition coefficient (Wildman–Crippen LogP) is -0.129. The van der Waals surface area contributed by atoms with Crippen LogP contribution in [0.1, 0.15) is 37.3 Å². The van der Waals surface area contributed by atoms with Crippen LogP contribution in [-0.2, 0) is 36.8 Å². The van der Waals surface area contributed by atoms with Crippen LogP contribution in [0.4, 0.5) is 4.79 Å². The van der Waals surface area contributed by atoms with E-state index in [-0.39, 0.29) is 38.5 Å². The Morgan fingerprint density at radius 3 is 2.48 bits per heavy atom. The topological polar surface area (TPSA) is 179 Å². The van der Waals surface area contributed by atoms with E-state index < -0.39 is 46.9 Å². The van der Waals surface area contributed by atoms with Crippen LogP contribution < -0.4 is 16.4 Å². The molecule has 0 aromatic heterocycles. The third-order valence-electron chi connectivity index (χ3n) is 6.27. The molecule has 7 amide bonds. The van der Waals surface area contributed by atoms with Crippen LogP contribution in [0.15, 0.2) is 36.4 Å². The van der Waals surface area contributed by atoms with Crippen LogP contribution in [0.5, 0.6) is 0 Å². The summed E-state index contributed by atoms with van der Waals surface area (Å²) in [5, 5.41) is 14.2. The van der Waals surface area contributed by atoms with E-state index >= 15 is 0 Å². The lowest BCUT2D eigenvalue weighted by molar-refractivity contribution is -0.138. The highest BCUT2D eigenvalue weighted by atomic mass is 32.2. The number of thioether (sulfide) groups is 1. The van der Waals surface area contributed by atoms with Gasteiger partial charge in [-0.25, -0.2) is 4.79 Å².